The van der Waals surface area contributed by atoms with Crippen LogP contribution in [0.1, 0.15) is 10.4 Å². The predicted molar refractivity (Wildman–Crippen MR) is 107 cm³/mol. The molecule has 2 aliphatic heterocycles. The van der Waals surface area contributed by atoms with Crippen molar-refractivity contribution in [2.45, 2.75) is 0 Å². The van der Waals surface area contributed by atoms with E-state index in [-0.39, 0.29) is 5.91 Å². The average Bonchev–Trinajstić information content (AvgIpc) is 2.74. The molecule has 1 amide bonds. The number of rotatable bonds is 3. The molecule has 0 spiro atoms. The number of morpholine rings is 1. The third-order valence-corrected chi connectivity index (χ3v) is 5.30. The van der Waals surface area contributed by atoms with Crippen molar-refractivity contribution in [3.63, 3.8) is 0 Å². The molecule has 142 valence electrons. The summed E-state index contributed by atoms with van der Waals surface area (Å²) < 4.78 is 5.42. The number of hydrogen-bond acceptors (Lipinski definition) is 5. The maximum Gasteiger partial charge on any atom is 0.257 e. The number of pyridine rings is 1. The molecular weight excluding hydrogens is 364 g/mol. The molecule has 2 aliphatic rings. The molecule has 0 atom stereocenters. The average molecular weight is 387 g/mol. The van der Waals surface area contributed by atoms with Gasteiger partial charge in [-0.1, -0.05) is 17.7 Å². The highest BCUT2D eigenvalue weighted by molar-refractivity contribution is 6.30. The number of carbonyl (C=O) groups is 1. The Morgan fingerprint density at radius 1 is 0.963 bits per heavy atom. The molecule has 27 heavy (non-hydrogen) atoms. The standard InChI is InChI=1S/C20H23ClN4O2/c21-16-3-1-4-17(15-16)23-7-9-25(10-8-23)20(26)18-5-2-6-22-19(18)24-11-13-27-14-12-24/h1-6,15H,7-14H2. The summed E-state index contributed by atoms with van der Waals surface area (Å²) >= 11 is 6.10. The van der Waals surface area contributed by atoms with E-state index >= 15 is 0 Å². The van der Waals surface area contributed by atoms with Crippen LogP contribution in [0.3, 0.4) is 0 Å². The maximum absolute atomic E-state index is 13.1. The minimum atomic E-state index is 0.0512. The summed E-state index contributed by atoms with van der Waals surface area (Å²) in [6.45, 7) is 5.81. The molecule has 1 aromatic heterocycles. The van der Waals surface area contributed by atoms with Crippen molar-refractivity contribution in [1.82, 2.24) is 9.88 Å². The highest BCUT2D eigenvalue weighted by Crippen LogP contribution is 2.23. The van der Waals surface area contributed by atoms with Gasteiger partial charge in [0.1, 0.15) is 5.82 Å². The molecule has 3 heterocycles. The molecule has 4 rings (SSSR count). The van der Waals surface area contributed by atoms with E-state index in [1.165, 1.54) is 0 Å². The molecule has 7 heteroatoms. The Hall–Kier alpha value is -2.31. The molecule has 6 nitrogen and oxygen atoms in total. The van der Waals surface area contributed by atoms with Crippen molar-refractivity contribution in [2.75, 3.05) is 62.3 Å². The zero-order valence-corrected chi connectivity index (χ0v) is 15.9. The monoisotopic (exact) mass is 386 g/mol. The number of amides is 1. The first-order valence-electron chi connectivity index (χ1n) is 9.30. The first-order chi connectivity index (χ1) is 13.2. The molecule has 2 aromatic rings. The normalized spacial score (nSPS) is 17.9. The molecule has 0 unspecified atom stereocenters. The van der Waals surface area contributed by atoms with E-state index in [0.717, 1.165) is 42.7 Å². The Bertz CT molecular complexity index is 802. The first kappa shape index (κ1) is 18.1. The smallest absolute Gasteiger partial charge is 0.257 e. The molecule has 0 radical (unpaired) electrons. The van der Waals surface area contributed by atoms with Crippen LogP contribution in [0.2, 0.25) is 5.02 Å². The molecule has 2 saturated heterocycles. The van der Waals surface area contributed by atoms with Gasteiger partial charge in [-0.15, -0.1) is 0 Å². The summed E-state index contributed by atoms with van der Waals surface area (Å²) in [5, 5.41) is 0.733. The first-order valence-corrected chi connectivity index (χ1v) is 9.68. The number of ether oxygens (including phenoxy) is 1. The summed E-state index contributed by atoms with van der Waals surface area (Å²) in [4.78, 5) is 24.0. The van der Waals surface area contributed by atoms with E-state index in [4.69, 9.17) is 16.3 Å². The zero-order valence-electron chi connectivity index (χ0n) is 15.2. The lowest BCUT2D eigenvalue weighted by Gasteiger charge is -2.37. The van der Waals surface area contributed by atoms with Gasteiger partial charge in [0.25, 0.3) is 5.91 Å². The zero-order chi connectivity index (χ0) is 18.6. The Morgan fingerprint density at radius 3 is 2.48 bits per heavy atom. The largest absolute Gasteiger partial charge is 0.378 e. The van der Waals surface area contributed by atoms with Crippen molar-refractivity contribution in [3.8, 4) is 0 Å². The van der Waals surface area contributed by atoms with E-state index < -0.39 is 0 Å². The number of anilines is 2. The van der Waals surface area contributed by atoms with Crippen molar-refractivity contribution in [1.29, 1.82) is 0 Å². The molecule has 0 saturated carbocycles. The molecule has 2 fully saturated rings. The highest BCUT2D eigenvalue weighted by atomic mass is 35.5. The minimum Gasteiger partial charge on any atom is -0.378 e. The van der Waals surface area contributed by atoms with Crippen LogP contribution in [0.5, 0.6) is 0 Å². The van der Waals surface area contributed by atoms with Crippen molar-refractivity contribution < 1.29 is 9.53 Å². The van der Waals surface area contributed by atoms with Gasteiger partial charge in [-0.2, -0.15) is 0 Å². The number of piperazine rings is 1. The van der Waals surface area contributed by atoms with Crippen LogP contribution in [0, 0.1) is 0 Å². The Morgan fingerprint density at radius 2 is 1.74 bits per heavy atom. The van der Waals surface area contributed by atoms with Gasteiger partial charge in [0.15, 0.2) is 0 Å². The second-order valence-corrected chi connectivity index (χ2v) is 7.17. The third kappa shape index (κ3) is 4.01. The van der Waals surface area contributed by atoms with Crippen LogP contribution in [0.15, 0.2) is 42.6 Å². The number of benzene rings is 1. The quantitative estimate of drug-likeness (QED) is 0.811. The second-order valence-electron chi connectivity index (χ2n) is 6.73. The van der Waals surface area contributed by atoms with E-state index in [1.807, 2.05) is 35.2 Å². The van der Waals surface area contributed by atoms with Crippen LogP contribution in [-0.2, 0) is 4.74 Å². The molecule has 0 N–H and O–H groups in total. The highest BCUT2D eigenvalue weighted by Gasteiger charge is 2.26. The summed E-state index contributed by atoms with van der Waals surface area (Å²) in [6.07, 6.45) is 1.75. The number of hydrogen-bond donors (Lipinski definition) is 0. The van der Waals surface area contributed by atoms with E-state index in [0.29, 0.717) is 31.9 Å². The van der Waals surface area contributed by atoms with Gasteiger partial charge in [-0.25, -0.2) is 4.98 Å². The van der Waals surface area contributed by atoms with Crippen molar-refractivity contribution in [2.24, 2.45) is 0 Å². The topological polar surface area (TPSA) is 48.9 Å². The van der Waals surface area contributed by atoms with Crippen LogP contribution in [-0.4, -0.2) is 68.3 Å². The van der Waals surface area contributed by atoms with Gasteiger partial charge in [-0.3, -0.25) is 4.79 Å². The van der Waals surface area contributed by atoms with Crippen LogP contribution < -0.4 is 9.80 Å². The van der Waals surface area contributed by atoms with E-state index in [2.05, 4.69) is 20.9 Å². The van der Waals surface area contributed by atoms with Crippen LogP contribution in [0.25, 0.3) is 0 Å². The van der Waals surface area contributed by atoms with E-state index in [9.17, 15) is 4.79 Å². The Labute approximate surface area is 164 Å². The fourth-order valence-electron chi connectivity index (χ4n) is 3.60. The lowest BCUT2D eigenvalue weighted by molar-refractivity contribution is 0.0745. The second kappa shape index (κ2) is 8.15. The lowest BCUT2D eigenvalue weighted by atomic mass is 10.1. The predicted octanol–water partition coefficient (Wildman–Crippen LogP) is 2.53. The number of halogens is 1. The maximum atomic E-state index is 13.1. The van der Waals surface area contributed by atoms with Gasteiger partial charge < -0.3 is 19.4 Å². The van der Waals surface area contributed by atoms with Crippen LogP contribution in [0.4, 0.5) is 11.5 Å². The third-order valence-electron chi connectivity index (χ3n) is 5.07. The number of carbonyl (C=O) groups excluding carboxylic acids is 1. The minimum absolute atomic E-state index is 0.0512. The molecule has 1 aromatic carbocycles. The molecule has 0 bridgehead atoms. The summed E-state index contributed by atoms with van der Waals surface area (Å²) in [7, 11) is 0. The summed E-state index contributed by atoms with van der Waals surface area (Å²) in [5.74, 6) is 0.818. The van der Waals surface area contributed by atoms with Gasteiger partial charge in [0.2, 0.25) is 0 Å². The van der Waals surface area contributed by atoms with Gasteiger partial charge in [0.05, 0.1) is 18.8 Å². The number of nitrogens with zero attached hydrogens (tertiary/aromatic N) is 4. The molecular formula is C20H23ClN4O2. The Kier molecular flexibility index (Phi) is 5.45. The fraction of sp³-hybridized carbons (Fsp3) is 0.400. The Balaban J connectivity index is 1.45. The van der Waals surface area contributed by atoms with E-state index in [1.54, 1.807) is 6.20 Å². The fourth-order valence-corrected chi connectivity index (χ4v) is 3.79. The lowest BCUT2D eigenvalue weighted by Crippen LogP contribution is -2.49. The van der Waals surface area contributed by atoms with Gasteiger partial charge >= 0.3 is 0 Å². The SMILES string of the molecule is O=C(c1cccnc1N1CCOCC1)N1CCN(c2cccc(Cl)c2)CC1. The van der Waals surface area contributed by atoms with Crippen LogP contribution >= 0.6 is 11.6 Å². The van der Waals surface area contributed by atoms with Gasteiger partial charge in [-0.05, 0) is 30.3 Å². The van der Waals surface area contributed by atoms with Crippen molar-refractivity contribution in [3.05, 3.63) is 53.2 Å². The van der Waals surface area contributed by atoms with Crippen molar-refractivity contribution >= 4 is 29.0 Å². The summed E-state index contributed by atoms with van der Waals surface area (Å²) in [6, 6.07) is 11.6. The summed E-state index contributed by atoms with van der Waals surface area (Å²) in [5.41, 5.74) is 1.78. The molecule has 0 aliphatic carbocycles. The van der Waals surface area contributed by atoms with Gasteiger partial charge in [0, 0.05) is 56.2 Å². The number of aromatic nitrogens is 1.